The Morgan fingerprint density at radius 3 is 2.94 bits per heavy atom. The SMILES string of the molecule is CO/N=C(/c1ncn[nH]1)c1ccccc1CO. The highest BCUT2D eigenvalue weighted by molar-refractivity contribution is 6.11. The largest absolute Gasteiger partial charge is 0.399 e. The molecule has 0 fully saturated rings. The highest BCUT2D eigenvalue weighted by Crippen LogP contribution is 2.13. The van der Waals surface area contributed by atoms with Crippen LogP contribution in [0.3, 0.4) is 0 Å². The van der Waals surface area contributed by atoms with E-state index in [0.717, 1.165) is 11.1 Å². The van der Waals surface area contributed by atoms with Crippen molar-refractivity contribution in [3.8, 4) is 0 Å². The molecule has 1 aromatic heterocycles. The van der Waals surface area contributed by atoms with Crippen LogP contribution in [0.2, 0.25) is 0 Å². The van der Waals surface area contributed by atoms with E-state index in [1.807, 2.05) is 24.3 Å². The van der Waals surface area contributed by atoms with Crippen LogP contribution in [0.15, 0.2) is 35.7 Å². The standard InChI is InChI=1S/C11H12N4O2/c1-17-15-10(11-12-7-13-14-11)9-5-3-2-4-8(9)6-16/h2-5,7,16H,6H2,1H3,(H,12,13,14)/b15-10+. The van der Waals surface area contributed by atoms with Crippen LogP contribution in [0, 0.1) is 0 Å². The molecular weight excluding hydrogens is 220 g/mol. The number of aromatic nitrogens is 3. The van der Waals surface area contributed by atoms with Gasteiger partial charge in [0.25, 0.3) is 0 Å². The van der Waals surface area contributed by atoms with Crippen molar-refractivity contribution in [2.45, 2.75) is 6.61 Å². The van der Waals surface area contributed by atoms with Gasteiger partial charge in [0, 0.05) is 5.56 Å². The molecule has 0 aliphatic rings. The number of nitrogens with one attached hydrogen (secondary N) is 1. The lowest BCUT2D eigenvalue weighted by atomic mass is 10.0. The summed E-state index contributed by atoms with van der Waals surface area (Å²) >= 11 is 0. The Bertz CT molecular complexity index is 508. The zero-order chi connectivity index (χ0) is 12.1. The number of aliphatic hydroxyl groups excluding tert-OH is 1. The van der Waals surface area contributed by atoms with Crippen LogP contribution in [0.4, 0.5) is 0 Å². The second-order valence-corrected chi connectivity index (χ2v) is 3.27. The molecule has 17 heavy (non-hydrogen) atoms. The van der Waals surface area contributed by atoms with Gasteiger partial charge in [-0.15, -0.1) is 0 Å². The molecule has 0 unspecified atom stereocenters. The Morgan fingerprint density at radius 2 is 2.29 bits per heavy atom. The lowest BCUT2D eigenvalue weighted by Crippen LogP contribution is -2.09. The highest BCUT2D eigenvalue weighted by atomic mass is 16.6. The monoisotopic (exact) mass is 232 g/mol. The van der Waals surface area contributed by atoms with Crippen LogP contribution >= 0.6 is 0 Å². The summed E-state index contributed by atoms with van der Waals surface area (Å²) in [7, 11) is 1.46. The number of H-pyrrole nitrogens is 1. The molecule has 1 heterocycles. The third-order valence-corrected chi connectivity index (χ3v) is 2.26. The van der Waals surface area contributed by atoms with Crippen molar-refractivity contribution in [3.05, 3.63) is 47.5 Å². The van der Waals surface area contributed by atoms with E-state index in [1.54, 1.807) is 0 Å². The van der Waals surface area contributed by atoms with Gasteiger partial charge >= 0.3 is 0 Å². The fourth-order valence-electron chi connectivity index (χ4n) is 1.52. The van der Waals surface area contributed by atoms with Crippen LogP contribution in [-0.2, 0) is 11.4 Å². The molecule has 0 aliphatic heterocycles. The Labute approximate surface area is 98.0 Å². The first kappa shape index (κ1) is 11.3. The van der Waals surface area contributed by atoms with Crippen molar-refractivity contribution in [3.63, 3.8) is 0 Å². The van der Waals surface area contributed by atoms with Gasteiger partial charge in [-0.3, -0.25) is 5.10 Å². The fraction of sp³-hybridized carbons (Fsp3) is 0.182. The number of benzene rings is 1. The maximum Gasteiger partial charge on any atom is 0.178 e. The molecule has 0 saturated heterocycles. The van der Waals surface area contributed by atoms with Crippen LogP contribution in [0.1, 0.15) is 17.0 Å². The smallest absolute Gasteiger partial charge is 0.178 e. The van der Waals surface area contributed by atoms with Crippen molar-refractivity contribution in [1.82, 2.24) is 15.2 Å². The van der Waals surface area contributed by atoms with E-state index in [0.29, 0.717) is 11.5 Å². The number of oxime groups is 1. The van der Waals surface area contributed by atoms with Gasteiger partial charge in [0.15, 0.2) is 11.5 Å². The maximum atomic E-state index is 9.29. The molecular formula is C11H12N4O2. The Hall–Kier alpha value is -2.21. The Kier molecular flexibility index (Phi) is 3.46. The van der Waals surface area contributed by atoms with Gasteiger partial charge in [0.05, 0.1) is 6.61 Å². The summed E-state index contributed by atoms with van der Waals surface area (Å²) in [6.45, 7) is -0.0763. The van der Waals surface area contributed by atoms with Gasteiger partial charge < -0.3 is 9.94 Å². The van der Waals surface area contributed by atoms with Crippen LogP contribution in [0.25, 0.3) is 0 Å². The van der Waals surface area contributed by atoms with E-state index in [-0.39, 0.29) is 6.61 Å². The summed E-state index contributed by atoms with van der Waals surface area (Å²) in [5.74, 6) is 0.493. The molecule has 0 aliphatic carbocycles. The number of hydrogen-bond donors (Lipinski definition) is 2. The van der Waals surface area contributed by atoms with E-state index >= 15 is 0 Å². The number of rotatable bonds is 4. The molecule has 88 valence electrons. The van der Waals surface area contributed by atoms with E-state index in [2.05, 4.69) is 20.3 Å². The lowest BCUT2D eigenvalue weighted by molar-refractivity contribution is 0.213. The van der Waals surface area contributed by atoms with Gasteiger partial charge in [0.2, 0.25) is 0 Å². The summed E-state index contributed by atoms with van der Waals surface area (Å²) in [4.78, 5) is 8.83. The topological polar surface area (TPSA) is 83.4 Å². The molecule has 0 saturated carbocycles. The number of nitrogens with zero attached hydrogens (tertiary/aromatic N) is 3. The first-order valence-electron chi connectivity index (χ1n) is 5.03. The summed E-state index contributed by atoms with van der Waals surface area (Å²) in [6.07, 6.45) is 1.39. The molecule has 0 atom stereocenters. The second kappa shape index (κ2) is 5.22. The van der Waals surface area contributed by atoms with Gasteiger partial charge in [-0.25, -0.2) is 4.98 Å². The minimum atomic E-state index is -0.0763. The number of aliphatic hydroxyl groups is 1. The average molecular weight is 232 g/mol. The van der Waals surface area contributed by atoms with Gasteiger partial charge in [-0.05, 0) is 5.56 Å². The summed E-state index contributed by atoms with van der Waals surface area (Å²) in [5.41, 5.74) is 2.02. The third-order valence-electron chi connectivity index (χ3n) is 2.26. The molecule has 0 spiro atoms. The zero-order valence-corrected chi connectivity index (χ0v) is 9.29. The number of hydrogen-bond acceptors (Lipinski definition) is 5. The molecule has 2 rings (SSSR count). The first-order chi connectivity index (χ1) is 8.36. The second-order valence-electron chi connectivity index (χ2n) is 3.27. The molecule has 0 bridgehead atoms. The predicted octanol–water partition coefficient (Wildman–Crippen LogP) is 0.696. The summed E-state index contributed by atoms with van der Waals surface area (Å²) in [5, 5.41) is 19.7. The van der Waals surface area contributed by atoms with Gasteiger partial charge in [-0.1, -0.05) is 29.4 Å². The zero-order valence-electron chi connectivity index (χ0n) is 9.29. The third kappa shape index (κ3) is 2.31. The van der Waals surface area contributed by atoms with E-state index < -0.39 is 0 Å². The van der Waals surface area contributed by atoms with E-state index in [4.69, 9.17) is 4.84 Å². The average Bonchev–Trinajstić information content (AvgIpc) is 2.89. The summed E-state index contributed by atoms with van der Waals surface area (Å²) < 4.78 is 0. The molecule has 6 heteroatoms. The predicted molar refractivity (Wildman–Crippen MR) is 61.4 cm³/mol. The molecule has 6 nitrogen and oxygen atoms in total. The van der Waals surface area contributed by atoms with Crippen molar-refractivity contribution < 1.29 is 9.94 Å². The normalized spacial score (nSPS) is 11.5. The van der Waals surface area contributed by atoms with Crippen LogP contribution in [0.5, 0.6) is 0 Å². The summed E-state index contributed by atoms with van der Waals surface area (Å²) in [6, 6.07) is 7.36. The molecule has 2 N–H and O–H groups in total. The minimum Gasteiger partial charge on any atom is -0.399 e. The van der Waals surface area contributed by atoms with Crippen molar-refractivity contribution in [1.29, 1.82) is 0 Å². The van der Waals surface area contributed by atoms with Gasteiger partial charge in [-0.2, -0.15) is 5.10 Å². The number of aromatic amines is 1. The van der Waals surface area contributed by atoms with Crippen molar-refractivity contribution >= 4 is 5.71 Å². The van der Waals surface area contributed by atoms with Gasteiger partial charge in [0.1, 0.15) is 13.4 Å². The quantitative estimate of drug-likeness (QED) is 0.600. The lowest BCUT2D eigenvalue weighted by Gasteiger charge is -2.07. The van der Waals surface area contributed by atoms with Crippen molar-refractivity contribution in [2.24, 2.45) is 5.16 Å². The molecule has 1 aromatic carbocycles. The fourth-order valence-corrected chi connectivity index (χ4v) is 1.52. The molecule has 0 amide bonds. The highest BCUT2D eigenvalue weighted by Gasteiger charge is 2.14. The molecule has 2 aromatic rings. The first-order valence-corrected chi connectivity index (χ1v) is 5.03. The van der Waals surface area contributed by atoms with Crippen LogP contribution in [-0.4, -0.2) is 33.1 Å². The minimum absolute atomic E-state index is 0.0763. The van der Waals surface area contributed by atoms with Crippen LogP contribution < -0.4 is 0 Å². The Balaban J connectivity index is 2.51. The van der Waals surface area contributed by atoms with E-state index in [1.165, 1.54) is 13.4 Å². The van der Waals surface area contributed by atoms with Crippen molar-refractivity contribution in [2.75, 3.05) is 7.11 Å². The Morgan fingerprint density at radius 1 is 1.47 bits per heavy atom. The maximum absolute atomic E-state index is 9.29. The molecule has 0 radical (unpaired) electrons. The van der Waals surface area contributed by atoms with E-state index in [9.17, 15) is 5.11 Å².